The number of carbonyl (C=O) groups is 2. The number of ether oxygens (including phenoxy) is 2. The summed E-state index contributed by atoms with van der Waals surface area (Å²) < 4.78 is 11.2. The molecule has 0 fully saturated rings. The molecule has 33 heavy (non-hydrogen) atoms. The van der Waals surface area contributed by atoms with Gasteiger partial charge in [-0.1, -0.05) is 46.9 Å². The predicted molar refractivity (Wildman–Crippen MR) is 132 cm³/mol. The predicted octanol–water partition coefficient (Wildman–Crippen LogP) is 6.46. The van der Waals surface area contributed by atoms with Gasteiger partial charge in [0.15, 0.2) is 12.2 Å². The van der Waals surface area contributed by atoms with E-state index in [1.165, 1.54) is 6.07 Å². The van der Waals surface area contributed by atoms with Crippen LogP contribution in [0.2, 0.25) is 15.1 Å². The standard InChI is InChI=1S/C24H21Cl3N2O4/c1-14(32-21-6-4-3-5-19(21)26)23(30)28-17-8-10-18(11-9-17)29-24(31)15(2)33-22-12-7-16(25)13-20(22)27/h3-15H,1-2H3,(H,28,30)(H,29,31). The fourth-order valence-electron chi connectivity index (χ4n) is 2.72. The third kappa shape index (κ3) is 7.02. The average molecular weight is 508 g/mol. The van der Waals surface area contributed by atoms with Crippen LogP contribution in [0.5, 0.6) is 11.5 Å². The number of nitrogens with one attached hydrogen (secondary N) is 2. The molecule has 6 nitrogen and oxygen atoms in total. The van der Waals surface area contributed by atoms with Crippen LogP contribution in [0.15, 0.2) is 66.7 Å². The first-order chi connectivity index (χ1) is 15.7. The molecule has 3 rings (SSSR count). The fraction of sp³-hybridized carbons (Fsp3) is 0.167. The average Bonchev–Trinajstić information content (AvgIpc) is 2.78. The Morgan fingerprint density at radius 3 is 1.67 bits per heavy atom. The van der Waals surface area contributed by atoms with Gasteiger partial charge in [0.05, 0.1) is 10.0 Å². The van der Waals surface area contributed by atoms with Gasteiger partial charge in [-0.25, -0.2) is 0 Å². The first kappa shape index (κ1) is 24.7. The normalized spacial score (nSPS) is 12.4. The van der Waals surface area contributed by atoms with E-state index in [4.69, 9.17) is 44.3 Å². The summed E-state index contributed by atoms with van der Waals surface area (Å²) in [5.41, 5.74) is 1.08. The summed E-state index contributed by atoms with van der Waals surface area (Å²) in [5, 5.41) is 6.72. The molecule has 0 saturated carbocycles. The van der Waals surface area contributed by atoms with Crippen LogP contribution in [0.4, 0.5) is 11.4 Å². The van der Waals surface area contributed by atoms with E-state index in [-0.39, 0.29) is 11.8 Å². The zero-order chi connectivity index (χ0) is 24.0. The lowest BCUT2D eigenvalue weighted by Crippen LogP contribution is -2.30. The van der Waals surface area contributed by atoms with Crippen molar-refractivity contribution in [2.45, 2.75) is 26.1 Å². The van der Waals surface area contributed by atoms with E-state index in [1.54, 1.807) is 74.5 Å². The zero-order valence-corrected chi connectivity index (χ0v) is 20.0. The van der Waals surface area contributed by atoms with Gasteiger partial charge in [0, 0.05) is 16.4 Å². The molecule has 0 spiro atoms. The SMILES string of the molecule is CC(Oc1ccccc1Cl)C(=O)Nc1ccc(NC(=O)C(C)Oc2ccc(Cl)cc2Cl)cc1. The minimum Gasteiger partial charge on any atom is -0.479 e. The molecule has 2 N–H and O–H groups in total. The highest BCUT2D eigenvalue weighted by atomic mass is 35.5. The first-order valence-electron chi connectivity index (χ1n) is 9.97. The van der Waals surface area contributed by atoms with Gasteiger partial charge >= 0.3 is 0 Å². The number of carbonyl (C=O) groups excluding carboxylic acids is 2. The van der Waals surface area contributed by atoms with Crippen LogP contribution in [-0.2, 0) is 9.59 Å². The molecule has 0 aromatic heterocycles. The van der Waals surface area contributed by atoms with Crippen LogP contribution in [0.3, 0.4) is 0 Å². The number of benzene rings is 3. The Hall–Kier alpha value is -2.93. The van der Waals surface area contributed by atoms with Crippen molar-refractivity contribution in [2.24, 2.45) is 0 Å². The summed E-state index contributed by atoms with van der Waals surface area (Å²) in [5.74, 6) is 0.0825. The largest absolute Gasteiger partial charge is 0.479 e. The number of hydrogen-bond donors (Lipinski definition) is 2. The van der Waals surface area contributed by atoms with Crippen LogP contribution in [0, 0.1) is 0 Å². The Kier molecular flexibility index (Phi) is 8.44. The van der Waals surface area contributed by atoms with Gasteiger partial charge in [0.2, 0.25) is 0 Å². The smallest absolute Gasteiger partial charge is 0.265 e. The summed E-state index contributed by atoms with van der Waals surface area (Å²) in [6, 6.07) is 18.3. The second-order valence-electron chi connectivity index (χ2n) is 7.08. The van der Waals surface area contributed by atoms with Crippen LogP contribution >= 0.6 is 34.8 Å². The topological polar surface area (TPSA) is 76.7 Å². The van der Waals surface area contributed by atoms with Crippen molar-refractivity contribution in [3.05, 3.63) is 81.8 Å². The van der Waals surface area contributed by atoms with E-state index >= 15 is 0 Å². The molecule has 2 unspecified atom stereocenters. The Morgan fingerprint density at radius 2 is 1.18 bits per heavy atom. The maximum Gasteiger partial charge on any atom is 0.265 e. The Morgan fingerprint density at radius 1 is 0.697 bits per heavy atom. The van der Waals surface area contributed by atoms with Gasteiger partial charge in [-0.05, 0) is 68.4 Å². The number of amides is 2. The quantitative estimate of drug-likeness (QED) is 0.367. The van der Waals surface area contributed by atoms with Crippen molar-refractivity contribution in [3.63, 3.8) is 0 Å². The Bertz CT molecular complexity index is 1140. The minimum absolute atomic E-state index is 0.315. The highest BCUT2D eigenvalue weighted by Gasteiger charge is 2.18. The van der Waals surface area contributed by atoms with Gasteiger partial charge in [-0.3, -0.25) is 9.59 Å². The van der Waals surface area contributed by atoms with Gasteiger partial charge in [-0.2, -0.15) is 0 Å². The van der Waals surface area contributed by atoms with E-state index in [0.717, 1.165) is 0 Å². The third-order valence-corrected chi connectivity index (χ3v) is 5.34. The molecule has 172 valence electrons. The molecule has 9 heteroatoms. The summed E-state index contributed by atoms with van der Waals surface area (Å²) in [6.07, 6.45) is -1.56. The van der Waals surface area contributed by atoms with E-state index < -0.39 is 12.2 Å². The van der Waals surface area contributed by atoms with E-state index in [1.807, 2.05) is 0 Å². The lowest BCUT2D eigenvalue weighted by atomic mass is 10.2. The monoisotopic (exact) mass is 506 g/mol. The van der Waals surface area contributed by atoms with Gasteiger partial charge < -0.3 is 20.1 Å². The molecule has 0 heterocycles. The van der Waals surface area contributed by atoms with Crippen molar-refractivity contribution in [2.75, 3.05) is 10.6 Å². The Balaban J connectivity index is 1.53. The second kappa shape index (κ2) is 11.3. The number of halogens is 3. The molecule has 0 radical (unpaired) electrons. The lowest BCUT2D eigenvalue weighted by molar-refractivity contribution is -0.122. The second-order valence-corrected chi connectivity index (χ2v) is 8.33. The fourth-order valence-corrected chi connectivity index (χ4v) is 3.36. The van der Waals surface area contributed by atoms with Crippen molar-refractivity contribution in [3.8, 4) is 11.5 Å². The molecule has 0 aliphatic rings. The van der Waals surface area contributed by atoms with Gasteiger partial charge in [0.1, 0.15) is 11.5 Å². The summed E-state index contributed by atoms with van der Waals surface area (Å²) in [4.78, 5) is 24.9. The molecule has 2 amide bonds. The van der Waals surface area contributed by atoms with Crippen LogP contribution in [0.1, 0.15) is 13.8 Å². The zero-order valence-electron chi connectivity index (χ0n) is 17.8. The van der Waals surface area contributed by atoms with E-state index in [2.05, 4.69) is 10.6 Å². The molecular weight excluding hydrogens is 487 g/mol. The molecular formula is C24H21Cl3N2O4. The first-order valence-corrected chi connectivity index (χ1v) is 11.1. The van der Waals surface area contributed by atoms with Crippen molar-refractivity contribution in [1.29, 1.82) is 0 Å². The van der Waals surface area contributed by atoms with Crippen molar-refractivity contribution >= 4 is 58.0 Å². The van der Waals surface area contributed by atoms with Crippen molar-refractivity contribution in [1.82, 2.24) is 0 Å². The third-order valence-electron chi connectivity index (χ3n) is 4.50. The highest BCUT2D eigenvalue weighted by Crippen LogP contribution is 2.28. The minimum atomic E-state index is -0.800. The highest BCUT2D eigenvalue weighted by molar-refractivity contribution is 6.35. The lowest BCUT2D eigenvalue weighted by Gasteiger charge is -2.17. The van der Waals surface area contributed by atoms with Crippen LogP contribution in [0.25, 0.3) is 0 Å². The number of para-hydroxylation sites is 1. The summed E-state index contributed by atoms with van der Waals surface area (Å²) in [6.45, 7) is 3.23. The molecule has 0 saturated heterocycles. The molecule has 2 atom stereocenters. The summed E-state index contributed by atoms with van der Waals surface area (Å²) in [7, 11) is 0. The molecule has 0 aliphatic carbocycles. The van der Waals surface area contributed by atoms with Crippen molar-refractivity contribution < 1.29 is 19.1 Å². The maximum absolute atomic E-state index is 12.4. The van der Waals surface area contributed by atoms with E-state index in [9.17, 15) is 9.59 Å². The molecule has 0 bridgehead atoms. The number of rotatable bonds is 8. The number of anilines is 2. The maximum atomic E-state index is 12.4. The van der Waals surface area contributed by atoms with E-state index in [0.29, 0.717) is 37.9 Å². The van der Waals surface area contributed by atoms with Crippen LogP contribution in [-0.4, -0.2) is 24.0 Å². The Labute approximate surface area is 206 Å². The molecule has 3 aromatic carbocycles. The van der Waals surface area contributed by atoms with Gasteiger partial charge in [-0.15, -0.1) is 0 Å². The van der Waals surface area contributed by atoms with Gasteiger partial charge in [0.25, 0.3) is 11.8 Å². The summed E-state index contributed by atoms with van der Waals surface area (Å²) >= 11 is 18.0. The van der Waals surface area contributed by atoms with Crippen LogP contribution < -0.4 is 20.1 Å². The number of hydrogen-bond acceptors (Lipinski definition) is 4. The molecule has 3 aromatic rings. The molecule has 0 aliphatic heterocycles.